The van der Waals surface area contributed by atoms with E-state index in [4.69, 9.17) is 4.74 Å². The number of carbonyl (C=O) groups excluding carboxylic acids is 4. The number of para-hydroxylation sites is 1. The molecule has 1 aromatic carbocycles. The molecule has 3 heterocycles. The van der Waals surface area contributed by atoms with Crippen molar-refractivity contribution in [2.24, 2.45) is 0 Å². The second-order valence-corrected chi connectivity index (χ2v) is 9.45. The largest absolute Gasteiger partial charge is 0.376 e. The average molecular weight is 479 g/mol. The van der Waals surface area contributed by atoms with Crippen LogP contribution in [0.1, 0.15) is 50.5 Å². The molecule has 35 heavy (non-hydrogen) atoms. The van der Waals surface area contributed by atoms with Crippen molar-refractivity contribution in [3.05, 3.63) is 41.6 Å². The molecule has 184 valence electrons. The molecule has 1 saturated carbocycles. The van der Waals surface area contributed by atoms with Crippen LogP contribution in [0.3, 0.4) is 0 Å². The highest BCUT2D eigenvalue weighted by Crippen LogP contribution is 2.28. The van der Waals surface area contributed by atoms with Crippen molar-refractivity contribution in [2.45, 2.75) is 63.6 Å². The molecular weight excluding hydrogens is 448 g/mol. The Balaban J connectivity index is 1.40. The van der Waals surface area contributed by atoms with Gasteiger partial charge < -0.3 is 14.6 Å². The zero-order valence-electron chi connectivity index (χ0n) is 19.6. The third kappa shape index (κ3) is 4.86. The van der Waals surface area contributed by atoms with Crippen molar-refractivity contribution < 1.29 is 23.9 Å². The van der Waals surface area contributed by atoms with Crippen LogP contribution in [0.25, 0.3) is 17.0 Å². The van der Waals surface area contributed by atoms with Gasteiger partial charge in [-0.25, -0.2) is 4.79 Å². The number of barbiturate groups is 1. The number of imide groups is 2. The van der Waals surface area contributed by atoms with Gasteiger partial charge in [0.1, 0.15) is 12.1 Å². The Kier molecular flexibility index (Phi) is 6.68. The Morgan fingerprint density at radius 2 is 1.89 bits per heavy atom. The molecule has 0 spiro atoms. The molecule has 9 nitrogen and oxygen atoms in total. The van der Waals surface area contributed by atoms with Crippen LogP contribution in [0, 0.1) is 0 Å². The summed E-state index contributed by atoms with van der Waals surface area (Å²) in [6, 6.07) is 6.69. The number of benzene rings is 1. The number of rotatable bonds is 6. The quantitative estimate of drug-likeness (QED) is 0.490. The lowest BCUT2D eigenvalue weighted by Gasteiger charge is -2.35. The Morgan fingerprint density at radius 1 is 1.09 bits per heavy atom. The zero-order chi connectivity index (χ0) is 24.4. The van der Waals surface area contributed by atoms with E-state index < -0.39 is 17.8 Å². The molecule has 5 amide bonds. The second-order valence-electron chi connectivity index (χ2n) is 9.45. The molecular formula is C26H30N4O5. The van der Waals surface area contributed by atoms with Crippen LogP contribution in [-0.4, -0.2) is 58.5 Å². The standard InChI is InChI=1S/C26H30N4O5/c31-23(27-14-19-9-6-12-35-19)16-29-15-17(20-10-4-5-11-22(20)29)13-21-24(32)28-26(34)30(25(21)33)18-7-2-1-3-8-18/h4-5,10-11,13,15,18-19H,1-3,6-9,12,14,16H2,(H,27,31)(H,28,32,34)/b21-13+. The van der Waals surface area contributed by atoms with Gasteiger partial charge in [0.15, 0.2) is 0 Å². The van der Waals surface area contributed by atoms with Crippen LogP contribution < -0.4 is 10.6 Å². The summed E-state index contributed by atoms with van der Waals surface area (Å²) in [6.07, 6.45) is 9.82. The maximum Gasteiger partial charge on any atom is 0.331 e. The van der Waals surface area contributed by atoms with Crippen LogP contribution in [0.2, 0.25) is 0 Å². The number of nitrogens with zero attached hydrogens (tertiary/aromatic N) is 2. The molecule has 0 bridgehead atoms. The van der Waals surface area contributed by atoms with Gasteiger partial charge in [0.25, 0.3) is 11.8 Å². The number of nitrogens with one attached hydrogen (secondary N) is 2. The highest BCUT2D eigenvalue weighted by atomic mass is 16.5. The van der Waals surface area contributed by atoms with Crippen LogP contribution in [-0.2, 0) is 25.7 Å². The summed E-state index contributed by atoms with van der Waals surface area (Å²) < 4.78 is 7.37. The Bertz CT molecular complexity index is 1190. The normalized spacial score (nSPS) is 22.7. The van der Waals surface area contributed by atoms with E-state index in [-0.39, 0.29) is 30.2 Å². The summed E-state index contributed by atoms with van der Waals surface area (Å²) >= 11 is 0. The average Bonchev–Trinajstić information content (AvgIpc) is 3.49. The van der Waals surface area contributed by atoms with E-state index in [9.17, 15) is 19.2 Å². The van der Waals surface area contributed by atoms with E-state index in [1.807, 2.05) is 28.8 Å². The van der Waals surface area contributed by atoms with Crippen LogP contribution in [0.15, 0.2) is 36.0 Å². The fraction of sp³-hybridized carbons (Fsp3) is 0.462. The summed E-state index contributed by atoms with van der Waals surface area (Å²) in [5.41, 5.74) is 1.39. The molecule has 3 fully saturated rings. The minimum atomic E-state index is -0.696. The first-order valence-corrected chi connectivity index (χ1v) is 12.4. The molecule has 5 rings (SSSR count). The molecule has 0 radical (unpaired) electrons. The predicted octanol–water partition coefficient (Wildman–Crippen LogP) is 2.73. The van der Waals surface area contributed by atoms with E-state index in [1.165, 1.54) is 11.0 Å². The lowest BCUT2D eigenvalue weighted by Crippen LogP contribution is -2.58. The monoisotopic (exact) mass is 478 g/mol. The first-order valence-electron chi connectivity index (χ1n) is 12.4. The van der Waals surface area contributed by atoms with Gasteiger partial charge in [0.2, 0.25) is 5.91 Å². The summed E-state index contributed by atoms with van der Waals surface area (Å²) in [6.45, 7) is 1.31. The van der Waals surface area contributed by atoms with Gasteiger partial charge in [0.05, 0.1) is 6.10 Å². The predicted molar refractivity (Wildman–Crippen MR) is 129 cm³/mol. The number of amides is 5. The van der Waals surface area contributed by atoms with E-state index in [1.54, 1.807) is 6.20 Å². The molecule has 3 aliphatic rings. The fourth-order valence-electron chi connectivity index (χ4n) is 5.26. The van der Waals surface area contributed by atoms with Gasteiger partial charge in [-0.15, -0.1) is 0 Å². The third-order valence-corrected chi connectivity index (χ3v) is 7.06. The molecule has 1 atom stereocenters. The summed E-state index contributed by atoms with van der Waals surface area (Å²) in [5, 5.41) is 6.07. The number of hydrogen-bond acceptors (Lipinski definition) is 5. The first kappa shape index (κ1) is 23.3. The highest BCUT2D eigenvalue weighted by molar-refractivity contribution is 6.31. The summed E-state index contributed by atoms with van der Waals surface area (Å²) in [5.74, 6) is -1.39. The molecule has 2 aromatic rings. The van der Waals surface area contributed by atoms with Crippen molar-refractivity contribution in [3.8, 4) is 0 Å². The first-order chi connectivity index (χ1) is 17.0. The van der Waals surface area contributed by atoms with Gasteiger partial charge in [0, 0.05) is 41.9 Å². The van der Waals surface area contributed by atoms with Crippen LogP contribution >= 0.6 is 0 Å². The minimum absolute atomic E-state index is 0.0614. The lowest BCUT2D eigenvalue weighted by atomic mass is 9.93. The summed E-state index contributed by atoms with van der Waals surface area (Å²) in [7, 11) is 0. The SMILES string of the molecule is O=C(Cn1cc(/C=C2\C(=O)NC(=O)N(C3CCCCC3)C2=O)c2ccccc21)NCC1CCCO1. The lowest BCUT2D eigenvalue weighted by molar-refractivity contribution is -0.132. The third-order valence-electron chi connectivity index (χ3n) is 7.06. The molecule has 2 saturated heterocycles. The topological polar surface area (TPSA) is 110 Å². The molecule has 9 heteroatoms. The van der Waals surface area contributed by atoms with Crippen molar-refractivity contribution in [1.82, 2.24) is 20.1 Å². The number of fused-ring (bicyclic) bond motifs is 1. The van der Waals surface area contributed by atoms with E-state index in [2.05, 4.69) is 10.6 Å². The van der Waals surface area contributed by atoms with Gasteiger partial charge in [-0.3, -0.25) is 24.6 Å². The minimum Gasteiger partial charge on any atom is -0.376 e. The highest BCUT2D eigenvalue weighted by Gasteiger charge is 2.40. The van der Waals surface area contributed by atoms with Gasteiger partial charge >= 0.3 is 6.03 Å². The van der Waals surface area contributed by atoms with Crippen molar-refractivity contribution >= 4 is 40.7 Å². The number of urea groups is 1. The van der Waals surface area contributed by atoms with Gasteiger partial charge in [-0.2, -0.15) is 0 Å². The van der Waals surface area contributed by atoms with Gasteiger partial charge in [-0.05, 0) is 37.8 Å². The number of hydrogen-bond donors (Lipinski definition) is 2. The number of carbonyl (C=O) groups is 4. The number of aromatic nitrogens is 1. The van der Waals surface area contributed by atoms with Crippen LogP contribution in [0.4, 0.5) is 4.79 Å². The Hall–Kier alpha value is -3.46. The van der Waals surface area contributed by atoms with Gasteiger partial charge in [-0.1, -0.05) is 37.5 Å². The Labute approximate surface area is 203 Å². The van der Waals surface area contributed by atoms with Crippen molar-refractivity contribution in [1.29, 1.82) is 0 Å². The molecule has 1 aromatic heterocycles. The smallest absolute Gasteiger partial charge is 0.331 e. The fourth-order valence-corrected chi connectivity index (χ4v) is 5.26. The van der Waals surface area contributed by atoms with E-state index in [0.29, 0.717) is 12.1 Å². The Morgan fingerprint density at radius 3 is 2.66 bits per heavy atom. The molecule has 2 aliphatic heterocycles. The van der Waals surface area contributed by atoms with Crippen molar-refractivity contribution in [2.75, 3.05) is 13.2 Å². The van der Waals surface area contributed by atoms with Crippen LogP contribution in [0.5, 0.6) is 0 Å². The molecule has 2 N–H and O–H groups in total. The van der Waals surface area contributed by atoms with E-state index >= 15 is 0 Å². The molecule has 1 aliphatic carbocycles. The summed E-state index contributed by atoms with van der Waals surface area (Å²) in [4.78, 5) is 52.2. The maximum atomic E-state index is 13.3. The van der Waals surface area contributed by atoms with Crippen molar-refractivity contribution in [3.63, 3.8) is 0 Å². The number of ether oxygens (including phenoxy) is 1. The molecule has 1 unspecified atom stereocenters. The van der Waals surface area contributed by atoms with E-state index in [0.717, 1.165) is 62.5 Å². The maximum absolute atomic E-state index is 13.3. The zero-order valence-corrected chi connectivity index (χ0v) is 19.6. The second kappa shape index (κ2) is 10.0.